The SMILES string of the molecule is NC(N)=NC(N)=Nc1cc2[nH]ncc2cc1Br. The summed E-state index contributed by atoms with van der Waals surface area (Å²) in [6, 6.07) is 3.67. The molecule has 0 bridgehead atoms. The van der Waals surface area contributed by atoms with Crippen LogP contribution in [0.15, 0.2) is 32.8 Å². The van der Waals surface area contributed by atoms with Crippen molar-refractivity contribution in [3.05, 3.63) is 22.8 Å². The van der Waals surface area contributed by atoms with Gasteiger partial charge in [-0.05, 0) is 28.1 Å². The first-order valence-corrected chi connectivity index (χ1v) is 5.42. The zero-order chi connectivity index (χ0) is 12.4. The van der Waals surface area contributed by atoms with Crippen molar-refractivity contribution in [3.63, 3.8) is 0 Å². The van der Waals surface area contributed by atoms with Crippen LogP contribution in [0.5, 0.6) is 0 Å². The van der Waals surface area contributed by atoms with E-state index in [9.17, 15) is 0 Å². The zero-order valence-electron chi connectivity index (χ0n) is 8.68. The quantitative estimate of drug-likeness (QED) is 0.452. The maximum atomic E-state index is 5.55. The Morgan fingerprint density at radius 1 is 1.29 bits per heavy atom. The van der Waals surface area contributed by atoms with Crippen LogP contribution in [0, 0.1) is 0 Å². The molecule has 0 saturated heterocycles. The molecule has 17 heavy (non-hydrogen) atoms. The maximum Gasteiger partial charge on any atom is 0.223 e. The van der Waals surface area contributed by atoms with Crippen molar-refractivity contribution < 1.29 is 0 Å². The molecule has 0 fully saturated rings. The number of aromatic nitrogens is 2. The van der Waals surface area contributed by atoms with Gasteiger partial charge in [0.25, 0.3) is 0 Å². The van der Waals surface area contributed by atoms with Crippen LogP contribution in [-0.2, 0) is 0 Å². The highest BCUT2D eigenvalue weighted by Crippen LogP contribution is 2.29. The number of hydrogen-bond acceptors (Lipinski definition) is 2. The minimum atomic E-state index is -0.134. The number of benzene rings is 1. The number of H-pyrrole nitrogens is 1. The lowest BCUT2D eigenvalue weighted by molar-refractivity contribution is 1.12. The molecule has 88 valence electrons. The minimum Gasteiger partial charge on any atom is -0.370 e. The Morgan fingerprint density at radius 3 is 2.76 bits per heavy atom. The lowest BCUT2D eigenvalue weighted by Crippen LogP contribution is -2.26. The van der Waals surface area contributed by atoms with Crippen LogP contribution in [-0.4, -0.2) is 22.1 Å². The number of rotatable bonds is 1. The molecule has 7 N–H and O–H groups in total. The summed E-state index contributed by atoms with van der Waals surface area (Å²) in [5, 5.41) is 7.72. The number of fused-ring (bicyclic) bond motifs is 1. The van der Waals surface area contributed by atoms with Crippen molar-refractivity contribution in [2.45, 2.75) is 0 Å². The highest BCUT2D eigenvalue weighted by atomic mass is 79.9. The van der Waals surface area contributed by atoms with Gasteiger partial charge in [0.05, 0.1) is 17.4 Å². The molecule has 0 radical (unpaired) electrons. The van der Waals surface area contributed by atoms with E-state index in [1.54, 1.807) is 12.3 Å². The summed E-state index contributed by atoms with van der Waals surface area (Å²) in [5.41, 5.74) is 17.4. The molecule has 0 amide bonds. The molecular weight excluding hydrogens is 286 g/mol. The number of nitrogens with two attached hydrogens (primary N) is 3. The lowest BCUT2D eigenvalue weighted by Gasteiger charge is -2.00. The second-order valence-corrected chi connectivity index (χ2v) is 4.12. The number of aromatic amines is 1. The summed E-state index contributed by atoms with van der Waals surface area (Å²) in [4.78, 5) is 7.72. The Hall–Kier alpha value is -2.09. The topological polar surface area (TPSA) is 131 Å². The molecule has 0 aliphatic heterocycles. The average molecular weight is 296 g/mol. The minimum absolute atomic E-state index is 0.00966. The molecule has 0 atom stereocenters. The summed E-state index contributed by atoms with van der Waals surface area (Å²) >= 11 is 3.38. The highest BCUT2D eigenvalue weighted by Gasteiger charge is 2.04. The number of nitrogens with zero attached hydrogens (tertiary/aromatic N) is 3. The number of nitrogens with one attached hydrogen (secondary N) is 1. The van der Waals surface area contributed by atoms with Gasteiger partial charge in [-0.2, -0.15) is 10.1 Å². The summed E-state index contributed by atoms with van der Waals surface area (Å²) in [7, 11) is 0. The average Bonchev–Trinajstić information content (AvgIpc) is 2.63. The molecule has 1 aromatic carbocycles. The van der Waals surface area contributed by atoms with E-state index in [0.717, 1.165) is 15.4 Å². The standard InChI is InChI=1S/C9H10BrN7/c10-5-1-4-3-14-17-6(4)2-7(5)15-9(13)16-8(11)12/h1-3H,(H,14,17)(H6,11,12,13,15,16). The fourth-order valence-corrected chi connectivity index (χ4v) is 1.77. The molecule has 1 heterocycles. The fraction of sp³-hybridized carbons (Fsp3) is 0. The van der Waals surface area contributed by atoms with Gasteiger partial charge in [0.2, 0.25) is 5.96 Å². The third-order valence-electron chi connectivity index (χ3n) is 1.99. The van der Waals surface area contributed by atoms with Crippen LogP contribution in [0.4, 0.5) is 5.69 Å². The monoisotopic (exact) mass is 295 g/mol. The van der Waals surface area contributed by atoms with Crippen molar-refractivity contribution >= 4 is 44.4 Å². The van der Waals surface area contributed by atoms with Gasteiger partial charge in [0.1, 0.15) is 0 Å². The Kier molecular flexibility index (Phi) is 2.96. The van der Waals surface area contributed by atoms with E-state index in [1.807, 2.05) is 6.07 Å². The van der Waals surface area contributed by atoms with Crippen molar-refractivity contribution in [2.24, 2.45) is 27.2 Å². The Morgan fingerprint density at radius 2 is 2.06 bits per heavy atom. The Bertz CT molecular complexity index is 609. The molecule has 0 aliphatic rings. The highest BCUT2D eigenvalue weighted by molar-refractivity contribution is 9.10. The normalized spacial score (nSPS) is 11.7. The van der Waals surface area contributed by atoms with Crippen LogP contribution in [0.25, 0.3) is 10.9 Å². The predicted octanol–water partition coefficient (Wildman–Crippen LogP) is 0.545. The predicted molar refractivity (Wildman–Crippen MR) is 70.9 cm³/mol. The van der Waals surface area contributed by atoms with E-state index in [0.29, 0.717) is 5.69 Å². The Labute approximate surface area is 105 Å². The largest absolute Gasteiger partial charge is 0.370 e. The van der Waals surface area contributed by atoms with Crippen molar-refractivity contribution in [1.82, 2.24) is 10.2 Å². The summed E-state index contributed by atoms with van der Waals surface area (Å²) in [5.74, 6) is -0.144. The Balaban J connectivity index is 2.48. The lowest BCUT2D eigenvalue weighted by atomic mass is 10.2. The summed E-state index contributed by atoms with van der Waals surface area (Å²) < 4.78 is 0.778. The van der Waals surface area contributed by atoms with E-state index in [4.69, 9.17) is 17.2 Å². The molecule has 1 aromatic heterocycles. The first-order chi connectivity index (χ1) is 8.06. The zero-order valence-corrected chi connectivity index (χ0v) is 10.3. The third-order valence-corrected chi connectivity index (χ3v) is 2.62. The first-order valence-electron chi connectivity index (χ1n) is 4.62. The molecule has 2 rings (SSSR count). The maximum absolute atomic E-state index is 5.55. The van der Waals surface area contributed by atoms with Gasteiger partial charge in [-0.3, -0.25) is 5.10 Å². The molecule has 2 aromatic rings. The van der Waals surface area contributed by atoms with Crippen LogP contribution in [0.2, 0.25) is 0 Å². The van der Waals surface area contributed by atoms with Gasteiger partial charge >= 0.3 is 0 Å². The van der Waals surface area contributed by atoms with Gasteiger partial charge in [0.15, 0.2) is 5.96 Å². The molecule has 0 unspecified atom stereocenters. The first kappa shape index (κ1) is 11.4. The van der Waals surface area contributed by atoms with Crippen LogP contribution >= 0.6 is 15.9 Å². The van der Waals surface area contributed by atoms with Gasteiger partial charge in [-0.15, -0.1) is 0 Å². The molecule has 7 nitrogen and oxygen atoms in total. The summed E-state index contributed by atoms with van der Waals surface area (Å²) in [6.45, 7) is 0. The van der Waals surface area contributed by atoms with Gasteiger partial charge in [-0.25, -0.2) is 4.99 Å². The number of halogens is 1. The van der Waals surface area contributed by atoms with Crippen LogP contribution < -0.4 is 17.2 Å². The summed E-state index contributed by atoms with van der Waals surface area (Å²) in [6.07, 6.45) is 1.72. The molecule has 0 saturated carbocycles. The van der Waals surface area contributed by atoms with E-state index in [1.165, 1.54) is 0 Å². The third kappa shape index (κ3) is 2.53. The van der Waals surface area contributed by atoms with Crippen molar-refractivity contribution in [3.8, 4) is 0 Å². The van der Waals surface area contributed by atoms with E-state index in [2.05, 4.69) is 36.1 Å². The van der Waals surface area contributed by atoms with Crippen LogP contribution in [0.1, 0.15) is 0 Å². The molecular formula is C9H10BrN7. The second kappa shape index (κ2) is 4.42. The van der Waals surface area contributed by atoms with Crippen molar-refractivity contribution in [1.29, 1.82) is 0 Å². The second-order valence-electron chi connectivity index (χ2n) is 3.27. The number of aliphatic imine (C=N–C) groups is 2. The number of hydrogen-bond donors (Lipinski definition) is 4. The molecule has 0 aliphatic carbocycles. The van der Waals surface area contributed by atoms with Crippen molar-refractivity contribution in [2.75, 3.05) is 0 Å². The van der Waals surface area contributed by atoms with Gasteiger partial charge in [0, 0.05) is 9.86 Å². The van der Waals surface area contributed by atoms with E-state index >= 15 is 0 Å². The fourth-order valence-electron chi connectivity index (χ4n) is 1.32. The molecule has 8 heteroatoms. The molecule has 0 spiro atoms. The smallest absolute Gasteiger partial charge is 0.223 e. The van der Waals surface area contributed by atoms with Crippen LogP contribution in [0.3, 0.4) is 0 Å². The van der Waals surface area contributed by atoms with E-state index in [-0.39, 0.29) is 11.9 Å². The number of guanidine groups is 2. The van der Waals surface area contributed by atoms with Gasteiger partial charge in [-0.1, -0.05) is 0 Å². The van der Waals surface area contributed by atoms with Gasteiger partial charge < -0.3 is 17.2 Å². The van der Waals surface area contributed by atoms with E-state index < -0.39 is 0 Å².